The van der Waals surface area contributed by atoms with Crippen LogP contribution in [0.15, 0.2) is 16.6 Å². The number of ketones is 1. The molecule has 1 rings (SSSR count). The van der Waals surface area contributed by atoms with Gasteiger partial charge in [0.05, 0.1) is 0 Å². The number of benzene rings is 1. The number of rotatable bonds is 4. The van der Waals surface area contributed by atoms with Crippen LogP contribution < -0.4 is 0 Å². The average molecular weight is 283 g/mol. The predicted octanol–water partition coefficient (Wildman–Crippen LogP) is 4.22. The summed E-state index contributed by atoms with van der Waals surface area (Å²) in [7, 11) is 0. The Labute approximate surface area is 106 Å². The van der Waals surface area contributed by atoms with Crippen molar-refractivity contribution in [2.24, 2.45) is 5.92 Å². The fraction of sp³-hybridized carbons (Fsp3) is 0.500. The van der Waals surface area contributed by atoms with Gasteiger partial charge in [-0.2, -0.15) is 0 Å². The van der Waals surface area contributed by atoms with Gasteiger partial charge >= 0.3 is 0 Å². The number of Topliss-reactive ketones (excluding diaryl/α,β-unsaturated/α-hetero) is 1. The summed E-state index contributed by atoms with van der Waals surface area (Å²) in [5.74, 6) is 0.450. The van der Waals surface area contributed by atoms with E-state index in [9.17, 15) is 4.79 Å². The van der Waals surface area contributed by atoms with Gasteiger partial charge in [0.2, 0.25) is 0 Å². The molecule has 0 radical (unpaired) electrons. The number of hydrogen-bond donors (Lipinski definition) is 0. The second-order valence-corrected chi connectivity index (χ2v) is 5.29. The van der Waals surface area contributed by atoms with Gasteiger partial charge in [0.25, 0.3) is 0 Å². The Balaban J connectivity index is 2.93. The molecule has 0 saturated carbocycles. The zero-order valence-electron chi connectivity index (χ0n) is 10.4. The quantitative estimate of drug-likeness (QED) is 0.808. The third-order valence-corrected chi connectivity index (χ3v) is 4.04. The van der Waals surface area contributed by atoms with Gasteiger partial charge in [-0.3, -0.25) is 4.79 Å². The van der Waals surface area contributed by atoms with Crippen LogP contribution in [0.2, 0.25) is 0 Å². The molecule has 1 aromatic carbocycles. The number of carbonyl (C=O) groups excluding carboxylic acids is 1. The minimum Gasteiger partial charge on any atom is -0.300 e. The predicted molar refractivity (Wildman–Crippen MR) is 71.8 cm³/mol. The SMILES string of the molecule is CCC(Cc1cc(C)c(C)c(Br)c1)C(C)=O. The summed E-state index contributed by atoms with van der Waals surface area (Å²) >= 11 is 3.56. The Morgan fingerprint density at radius 2 is 2.00 bits per heavy atom. The molecule has 0 saturated heterocycles. The van der Waals surface area contributed by atoms with Crippen molar-refractivity contribution >= 4 is 21.7 Å². The van der Waals surface area contributed by atoms with Crippen molar-refractivity contribution in [1.82, 2.24) is 0 Å². The van der Waals surface area contributed by atoms with E-state index in [-0.39, 0.29) is 11.7 Å². The summed E-state index contributed by atoms with van der Waals surface area (Å²) in [5.41, 5.74) is 3.81. The van der Waals surface area contributed by atoms with Crippen molar-refractivity contribution < 1.29 is 4.79 Å². The first-order valence-corrected chi connectivity index (χ1v) is 6.51. The third-order valence-electron chi connectivity index (χ3n) is 3.21. The molecule has 0 spiro atoms. The van der Waals surface area contributed by atoms with E-state index >= 15 is 0 Å². The molecule has 1 nitrogen and oxygen atoms in total. The smallest absolute Gasteiger partial charge is 0.133 e. The van der Waals surface area contributed by atoms with Gasteiger partial charge in [0.1, 0.15) is 5.78 Å². The molecule has 0 heterocycles. The highest BCUT2D eigenvalue weighted by molar-refractivity contribution is 9.10. The van der Waals surface area contributed by atoms with Crippen molar-refractivity contribution in [3.63, 3.8) is 0 Å². The zero-order chi connectivity index (χ0) is 12.3. The maximum Gasteiger partial charge on any atom is 0.133 e. The molecule has 0 N–H and O–H groups in total. The Morgan fingerprint density at radius 3 is 2.44 bits per heavy atom. The fourth-order valence-electron chi connectivity index (χ4n) is 1.87. The standard InChI is InChI=1S/C14H19BrO/c1-5-13(11(4)16)7-12-6-9(2)10(3)14(15)8-12/h6,8,13H,5,7H2,1-4H3. The zero-order valence-corrected chi connectivity index (χ0v) is 12.0. The molecule has 0 aliphatic rings. The highest BCUT2D eigenvalue weighted by Gasteiger charge is 2.13. The molecular weight excluding hydrogens is 264 g/mol. The van der Waals surface area contributed by atoms with E-state index in [0.29, 0.717) is 0 Å². The molecule has 1 atom stereocenters. The van der Waals surface area contributed by atoms with Gasteiger partial charge in [0, 0.05) is 10.4 Å². The lowest BCUT2D eigenvalue weighted by Gasteiger charge is -2.13. The van der Waals surface area contributed by atoms with Crippen molar-refractivity contribution in [2.75, 3.05) is 0 Å². The topological polar surface area (TPSA) is 17.1 Å². The molecular formula is C14H19BrO. The van der Waals surface area contributed by atoms with Crippen molar-refractivity contribution in [1.29, 1.82) is 0 Å². The Morgan fingerprint density at radius 1 is 1.38 bits per heavy atom. The number of hydrogen-bond acceptors (Lipinski definition) is 1. The molecule has 0 amide bonds. The Bertz CT molecular complexity index is 373. The third kappa shape index (κ3) is 3.18. The van der Waals surface area contributed by atoms with Gasteiger partial charge in [-0.25, -0.2) is 0 Å². The van der Waals surface area contributed by atoms with Crippen LogP contribution in [-0.4, -0.2) is 5.78 Å². The van der Waals surface area contributed by atoms with Crippen LogP contribution >= 0.6 is 15.9 Å². The summed E-state index contributed by atoms with van der Waals surface area (Å²) in [6.07, 6.45) is 1.77. The van der Waals surface area contributed by atoms with Crippen LogP contribution in [0.25, 0.3) is 0 Å². The molecule has 0 aliphatic heterocycles. The minimum atomic E-state index is 0.161. The van der Waals surface area contributed by atoms with Crippen LogP contribution in [0.1, 0.15) is 37.0 Å². The average Bonchev–Trinajstić information content (AvgIpc) is 2.21. The highest BCUT2D eigenvalue weighted by Crippen LogP contribution is 2.24. The normalized spacial score (nSPS) is 12.6. The van der Waals surface area contributed by atoms with Gasteiger partial charge in [0.15, 0.2) is 0 Å². The van der Waals surface area contributed by atoms with Gasteiger partial charge in [-0.1, -0.05) is 28.9 Å². The van der Waals surface area contributed by atoms with E-state index in [1.54, 1.807) is 6.92 Å². The highest BCUT2D eigenvalue weighted by atomic mass is 79.9. The maximum absolute atomic E-state index is 11.4. The molecule has 0 fully saturated rings. The Kier molecular flexibility index (Phi) is 4.72. The summed E-state index contributed by atoms with van der Waals surface area (Å²) in [4.78, 5) is 11.4. The van der Waals surface area contributed by atoms with Gasteiger partial charge in [-0.15, -0.1) is 0 Å². The monoisotopic (exact) mass is 282 g/mol. The van der Waals surface area contributed by atoms with Crippen LogP contribution in [-0.2, 0) is 11.2 Å². The van der Waals surface area contributed by atoms with Crippen LogP contribution in [0.3, 0.4) is 0 Å². The van der Waals surface area contributed by atoms with Gasteiger partial charge in [-0.05, 0) is 56.4 Å². The summed E-state index contributed by atoms with van der Waals surface area (Å²) in [5, 5.41) is 0. The molecule has 1 aromatic rings. The second-order valence-electron chi connectivity index (χ2n) is 4.44. The molecule has 1 unspecified atom stereocenters. The molecule has 0 aliphatic carbocycles. The van der Waals surface area contributed by atoms with Crippen LogP contribution in [0.5, 0.6) is 0 Å². The second kappa shape index (κ2) is 5.62. The van der Waals surface area contributed by atoms with Crippen molar-refractivity contribution in [3.05, 3.63) is 33.3 Å². The van der Waals surface area contributed by atoms with Crippen molar-refractivity contribution in [2.45, 2.75) is 40.5 Å². The van der Waals surface area contributed by atoms with Crippen molar-refractivity contribution in [3.8, 4) is 0 Å². The molecule has 88 valence electrons. The molecule has 0 bridgehead atoms. The summed E-state index contributed by atoms with van der Waals surface area (Å²) < 4.78 is 1.14. The van der Waals surface area contributed by atoms with E-state index in [0.717, 1.165) is 17.3 Å². The minimum absolute atomic E-state index is 0.161. The largest absolute Gasteiger partial charge is 0.300 e. The molecule has 2 heteroatoms. The number of aryl methyl sites for hydroxylation is 1. The number of halogens is 1. The van der Waals surface area contributed by atoms with Crippen LogP contribution in [0, 0.1) is 19.8 Å². The summed E-state index contributed by atoms with van der Waals surface area (Å²) in [6, 6.07) is 4.32. The lowest BCUT2D eigenvalue weighted by molar-refractivity contribution is -0.120. The van der Waals surface area contributed by atoms with Crippen LogP contribution in [0.4, 0.5) is 0 Å². The van der Waals surface area contributed by atoms with E-state index < -0.39 is 0 Å². The Hall–Kier alpha value is -0.630. The lowest BCUT2D eigenvalue weighted by Crippen LogP contribution is -2.13. The fourth-order valence-corrected chi connectivity index (χ4v) is 2.47. The first-order chi connectivity index (χ1) is 7.45. The first kappa shape index (κ1) is 13.4. The van der Waals surface area contributed by atoms with E-state index in [4.69, 9.17) is 0 Å². The number of carbonyl (C=O) groups is 1. The van der Waals surface area contributed by atoms with E-state index in [1.165, 1.54) is 16.7 Å². The first-order valence-electron chi connectivity index (χ1n) is 5.71. The molecule has 16 heavy (non-hydrogen) atoms. The van der Waals surface area contributed by atoms with E-state index in [2.05, 4.69) is 48.8 Å². The van der Waals surface area contributed by atoms with E-state index in [1.807, 2.05) is 0 Å². The lowest BCUT2D eigenvalue weighted by atomic mass is 9.92. The molecule has 0 aromatic heterocycles. The van der Waals surface area contributed by atoms with Gasteiger partial charge < -0.3 is 0 Å². The summed E-state index contributed by atoms with van der Waals surface area (Å²) in [6.45, 7) is 7.97. The maximum atomic E-state index is 11.4.